The van der Waals surface area contributed by atoms with E-state index in [2.05, 4.69) is 25.3 Å². The van der Waals surface area contributed by atoms with E-state index in [0.29, 0.717) is 24.9 Å². The maximum atomic E-state index is 13.9. The lowest BCUT2D eigenvalue weighted by atomic mass is 10.1. The Morgan fingerprint density at radius 3 is 2.67 bits per heavy atom. The molecule has 0 radical (unpaired) electrons. The number of rotatable bonds is 7. The van der Waals surface area contributed by atoms with Crippen LogP contribution in [0.2, 0.25) is 0 Å². The van der Waals surface area contributed by atoms with Crippen LogP contribution in [0.1, 0.15) is 17.5 Å². The van der Waals surface area contributed by atoms with E-state index in [0.717, 1.165) is 24.1 Å². The van der Waals surface area contributed by atoms with Crippen molar-refractivity contribution in [2.45, 2.75) is 24.8 Å². The maximum absolute atomic E-state index is 13.9. The molecule has 3 rings (SSSR count). The second-order valence-electron chi connectivity index (χ2n) is 7.09. The number of sulfonamides is 1. The van der Waals surface area contributed by atoms with Crippen molar-refractivity contribution in [3.8, 4) is 0 Å². The number of hydrogen-bond acceptors (Lipinski definition) is 5. The number of pyridine rings is 1. The fourth-order valence-corrected chi connectivity index (χ4v) is 4.07. The zero-order valence-corrected chi connectivity index (χ0v) is 17.9. The van der Waals surface area contributed by atoms with Gasteiger partial charge < -0.3 is 15.5 Å². The van der Waals surface area contributed by atoms with E-state index in [-0.39, 0.29) is 17.6 Å². The van der Waals surface area contributed by atoms with Crippen LogP contribution >= 0.6 is 0 Å². The maximum Gasteiger partial charge on any atom is 0.215 e. The summed E-state index contributed by atoms with van der Waals surface area (Å²) in [7, 11) is -0.177. The Bertz CT molecular complexity index is 981. The van der Waals surface area contributed by atoms with Gasteiger partial charge in [0.2, 0.25) is 10.0 Å². The number of aliphatic imine (C=N–C) groups is 1. The van der Waals surface area contributed by atoms with E-state index >= 15 is 0 Å². The van der Waals surface area contributed by atoms with Crippen LogP contribution in [0.3, 0.4) is 0 Å². The lowest BCUT2D eigenvalue weighted by molar-refractivity contribution is 0.587. The summed E-state index contributed by atoms with van der Waals surface area (Å²) in [6, 6.07) is 10.5. The molecule has 1 aliphatic rings. The first-order valence-corrected chi connectivity index (χ1v) is 11.4. The second-order valence-corrected chi connectivity index (χ2v) is 9.02. The van der Waals surface area contributed by atoms with Gasteiger partial charge in [-0.3, -0.25) is 4.99 Å². The van der Waals surface area contributed by atoms with Crippen LogP contribution in [0.4, 0.5) is 10.2 Å². The van der Waals surface area contributed by atoms with E-state index in [1.807, 2.05) is 17.0 Å². The third kappa shape index (κ3) is 5.90. The fraction of sp³-hybridized carbons (Fsp3) is 0.400. The van der Waals surface area contributed by atoms with Gasteiger partial charge in [0, 0.05) is 38.9 Å². The molecule has 1 saturated heterocycles. The number of hydrogen-bond donors (Lipinski definition) is 3. The molecule has 30 heavy (non-hydrogen) atoms. The van der Waals surface area contributed by atoms with Crippen molar-refractivity contribution in [3.63, 3.8) is 0 Å². The van der Waals surface area contributed by atoms with Crippen molar-refractivity contribution in [1.82, 2.24) is 20.3 Å². The molecule has 1 aliphatic heterocycles. The van der Waals surface area contributed by atoms with Crippen LogP contribution in [-0.2, 0) is 22.3 Å². The van der Waals surface area contributed by atoms with Crippen LogP contribution in [0.5, 0.6) is 0 Å². The van der Waals surface area contributed by atoms with Gasteiger partial charge in [-0.1, -0.05) is 24.3 Å². The number of nitrogens with one attached hydrogen (secondary N) is 3. The van der Waals surface area contributed by atoms with Gasteiger partial charge in [-0.05, 0) is 36.7 Å². The van der Waals surface area contributed by atoms with Crippen molar-refractivity contribution in [2.75, 3.05) is 32.1 Å². The molecule has 8 nitrogen and oxygen atoms in total. The fourth-order valence-electron chi connectivity index (χ4n) is 3.30. The smallest absolute Gasteiger partial charge is 0.215 e. The van der Waals surface area contributed by atoms with Crippen LogP contribution in [0, 0.1) is 5.82 Å². The highest BCUT2D eigenvalue weighted by molar-refractivity contribution is 7.88. The molecule has 0 aliphatic carbocycles. The topological polar surface area (TPSA) is 98.7 Å². The summed E-state index contributed by atoms with van der Waals surface area (Å²) in [6.07, 6.45) is 2.45. The van der Waals surface area contributed by atoms with Gasteiger partial charge in [0.1, 0.15) is 0 Å². The van der Waals surface area contributed by atoms with Gasteiger partial charge in [-0.2, -0.15) is 0 Å². The number of anilines is 1. The molecule has 10 heteroatoms. The van der Waals surface area contributed by atoms with E-state index in [9.17, 15) is 12.8 Å². The molecule has 162 valence electrons. The third-order valence-corrected chi connectivity index (χ3v) is 6.28. The Hall–Kier alpha value is -2.72. The summed E-state index contributed by atoms with van der Waals surface area (Å²) >= 11 is 0. The summed E-state index contributed by atoms with van der Waals surface area (Å²) in [6.45, 7) is 1.91. The quantitative estimate of drug-likeness (QED) is 0.448. The van der Waals surface area contributed by atoms with E-state index in [1.54, 1.807) is 31.4 Å². The molecule has 0 amide bonds. The molecule has 1 atom stereocenters. The Balaban J connectivity index is 1.50. The second kappa shape index (κ2) is 9.86. The SMILES string of the molecule is CN=C(NCc1ccc(CS(=O)(=O)NC)cc1)NC1CCN(c2ncccc2F)C1. The molecule has 3 N–H and O–H groups in total. The summed E-state index contributed by atoms with van der Waals surface area (Å²) in [5.41, 5.74) is 1.73. The number of aromatic nitrogens is 1. The Labute approximate surface area is 176 Å². The van der Waals surface area contributed by atoms with E-state index in [1.165, 1.54) is 13.1 Å². The van der Waals surface area contributed by atoms with E-state index < -0.39 is 10.0 Å². The highest BCUT2D eigenvalue weighted by Crippen LogP contribution is 2.20. The highest BCUT2D eigenvalue weighted by atomic mass is 32.2. The minimum atomic E-state index is -3.28. The summed E-state index contributed by atoms with van der Waals surface area (Å²) in [5.74, 6) is 0.678. The lowest BCUT2D eigenvalue weighted by Crippen LogP contribution is -2.44. The molecule has 1 fully saturated rings. The van der Waals surface area contributed by atoms with Crippen LogP contribution in [-0.4, -0.2) is 52.6 Å². The molecule has 1 aromatic carbocycles. The minimum Gasteiger partial charge on any atom is -0.352 e. The molecule has 2 heterocycles. The number of nitrogens with zero attached hydrogens (tertiary/aromatic N) is 3. The molecule has 2 aromatic rings. The molecule has 1 aromatic heterocycles. The van der Waals surface area contributed by atoms with Crippen molar-refractivity contribution in [2.24, 2.45) is 4.99 Å². The average molecular weight is 435 g/mol. The van der Waals surface area contributed by atoms with Gasteiger partial charge >= 0.3 is 0 Å². The predicted octanol–water partition coefficient (Wildman–Crippen LogP) is 1.21. The first-order chi connectivity index (χ1) is 14.4. The van der Waals surface area contributed by atoms with Gasteiger partial charge in [-0.25, -0.2) is 22.5 Å². The van der Waals surface area contributed by atoms with Crippen LogP contribution < -0.4 is 20.3 Å². The molecule has 1 unspecified atom stereocenters. The molecule has 0 saturated carbocycles. The van der Waals surface area contributed by atoms with Gasteiger partial charge in [0.25, 0.3) is 0 Å². The van der Waals surface area contributed by atoms with Crippen molar-refractivity contribution >= 4 is 21.8 Å². The zero-order chi connectivity index (χ0) is 21.6. The molecular weight excluding hydrogens is 407 g/mol. The summed E-state index contributed by atoms with van der Waals surface area (Å²) < 4.78 is 39.5. The van der Waals surface area contributed by atoms with Crippen molar-refractivity contribution < 1.29 is 12.8 Å². The van der Waals surface area contributed by atoms with Gasteiger partial charge in [0.15, 0.2) is 17.6 Å². The standard InChI is InChI=1S/C20H27FN6O2S/c1-22-20(25-12-15-5-7-16(8-6-15)14-30(28,29)23-2)26-17-9-11-27(13-17)19-18(21)4-3-10-24-19/h3-8,10,17,23H,9,11-14H2,1-2H3,(H2,22,25,26). The van der Waals surface area contributed by atoms with Crippen LogP contribution in [0.25, 0.3) is 0 Å². The van der Waals surface area contributed by atoms with Crippen molar-refractivity contribution in [3.05, 3.63) is 59.5 Å². The summed E-state index contributed by atoms with van der Waals surface area (Å²) in [4.78, 5) is 10.3. The molecule has 0 bridgehead atoms. The third-order valence-electron chi connectivity index (χ3n) is 4.94. The zero-order valence-electron chi connectivity index (χ0n) is 17.1. The largest absolute Gasteiger partial charge is 0.352 e. The Morgan fingerprint density at radius 1 is 1.27 bits per heavy atom. The first kappa shape index (κ1) is 22.0. The molecular formula is C20H27FN6O2S. The Morgan fingerprint density at radius 2 is 2.00 bits per heavy atom. The molecule has 0 spiro atoms. The lowest BCUT2D eigenvalue weighted by Gasteiger charge is -2.20. The van der Waals surface area contributed by atoms with Crippen molar-refractivity contribution in [1.29, 1.82) is 0 Å². The minimum absolute atomic E-state index is 0.0462. The number of guanidine groups is 1. The van der Waals surface area contributed by atoms with Crippen LogP contribution in [0.15, 0.2) is 47.6 Å². The number of halogens is 1. The average Bonchev–Trinajstić information content (AvgIpc) is 3.20. The van der Waals surface area contributed by atoms with E-state index in [4.69, 9.17) is 0 Å². The van der Waals surface area contributed by atoms with Gasteiger partial charge in [-0.15, -0.1) is 0 Å². The predicted molar refractivity (Wildman–Crippen MR) is 116 cm³/mol. The normalized spacial score (nSPS) is 17.2. The summed E-state index contributed by atoms with van der Waals surface area (Å²) in [5, 5.41) is 6.62. The monoisotopic (exact) mass is 434 g/mol. The Kier molecular flexibility index (Phi) is 7.22. The number of benzene rings is 1. The first-order valence-electron chi connectivity index (χ1n) is 9.72. The van der Waals surface area contributed by atoms with Gasteiger partial charge in [0.05, 0.1) is 5.75 Å². The highest BCUT2D eigenvalue weighted by Gasteiger charge is 2.25.